The molecule has 2 rings (SSSR count). The summed E-state index contributed by atoms with van der Waals surface area (Å²) in [5.74, 6) is 1.20. The molecule has 2 N–H and O–H groups in total. The minimum absolute atomic E-state index is 0.516. The van der Waals surface area contributed by atoms with Crippen LogP contribution in [0.2, 0.25) is 5.02 Å². The first-order chi connectivity index (χ1) is 11.0. The van der Waals surface area contributed by atoms with Crippen LogP contribution in [0.3, 0.4) is 0 Å². The van der Waals surface area contributed by atoms with Crippen molar-refractivity contribution in [3.63, 3.8) is 0 Å². The Morgan fingerprint density at radius 1 is 1.13 bits per heavy atom. The van der Waals surface area contributed by atoms with Crippen LogP contribution < -0.4 is 15.4 Å². The number of methoxy groups -OCH3 is 1. The lowest BCUT2D eigenvalue weighted by molar-refractivity contribution is 0.415. The van der Waals surface area contributed by atoms with E-state index in [0.29, 0.717) is 21.8 Å². The van der Waals surface area contributed by atoms with Gasteiger partial charge in [-0.25, -0.2) is 0 Å². The second-order valence-corrected chi connectivity index (χ2v) is 6.18. The van der Waals surface area contributed by atoms with Crippen LogP contribution >= 0.6 is 23.8 Å². The summed E-state index contributed by atoms with van der Waals surface area (Å²) in [5.41, 5.74) is 3.09. The van der Waals surface area contributed by atoms with Crippen molar-refractivity contribution < 1.29 is 4.74 Å². The maximum atomic E-state index is 6.11. The minimum Gasteiger partial charge on any atom is -0.495 e. The van der Waals surface area contributed by atoms with Gasteiger partial charge in [0.05, 0.1) is 12.1 Å². The van der Waals surface area contributed by atoms with Crippen molar-refractivity contribution in [1.82, 2.24) is 0 Å². The lowest BCUT2D eigenvalue weighted by atomic mass is 9.99. The molecule has 0 heterocycles. The zero-order valence-electron chi connectivity index (χ0n) is 13.5. The van der Waals surface area contributed by atoms with Crippen LogP contribution in [0.4, 0.5) is 11.4 Å². The van der Waals surface area contributed by atoms with E-state index in [1.807, 2.05) is 18.2 Å². The fourth-order valence-electron chi connectivity index (χ4n) is 2.17. The molecule has 3 nitrogen and oxygen atoms in total. The molecule has 5 heteroatoms. The van der Waals surface area contributed by atoms with Gasteiger partial charge in [0, 0.05) is 11.4 Å². The van der Waals surface area contributed by atoms with Gasteiger partial charge in [-0.15, -0.1) is 0 Å². The summed E-state index contributed by atoms with van der Waals surface area (Å²) >= 11 is 11.4. The van der Waals surface area contributed by atoms with Crippen LogP contribution in [0, 0.1) is 0 Å². The fourth-order valence-corrected chi connectivity index (χ4v) is 2.66. The second-order valence-electron chi connectivity index (χ2n) is 5.36. The number of anilines is 2. The predicted molar refractivity (Wildman–Crippen MR) is 103 cm³/mol. The monoisotopic (exact) mass is 348 g/mol. The summed E-state index contributed by atoms with van der Waals surface area (Å²) in [6.45, 7) is 4.41. The molecule has 122 valence electrons. The number of benzene rings is 2. The summed E-state index contributed by atoms with van der Waals surface area (Å²) in [5, 5.41) is 7.34. The molecule has 1 atom stereocenters. The maximum Gasteiger partial charge on any atom is 0.175 e. The fraction of sp³-hybridized carbons (Fsp3) is 0.278. The number of ether oxygens (including phenoxy) is 1. The van der Waals surface area contributed by atoms with Crippen LogP contribution in [-0.4, -0.2) is 12.2 Å². The van der Waals surface area contributed by atoms with Crippen molar-refractivity contribution in [3.05, 3.63) is 53.1 Å². The van der Waals surface area contributed by atoms with Crippen molar-refractivity contribution in [2.24, 2.45) is 0 Å². The third-order valence-corrected chi connectivity index (χ3v) is 4.26. The lowest BCUT2D eigenvalue weighted by Gasteiger charge is -2.13. The average molecular weight is 349 g/mol. The van der Waals surface area contributed by atoms with E-state index in [9.17, 15) is 0 Å². The molecular weight excluding hydrogens is 328 g/mol. The highest BCUT2D eigenvalue weighted by Gasteiger charge is 2.05. The van der Waals surface area contributed by atoms with E-state index in [-0.39, 0.29) is 0 Å². The summed E-state index contributed by atoms with van der Waals surface area (Å²) < 4.78 is 5.13. The molecular formula is C18H21ClN2OS. The Morgan fingerprint density at radius 3 is 2.30 bits per heavy atom. The maximum absolute atomic E-state index is 6.11. The van der Waals surface area contributed by atoms with Crippen molar-refractivity contribution in [1.29, 1.82) is 0 Å². The highest BCUT2D eigenvalue weighted by molar-refractivity contribution is 7.80. The Morgan fingerprint density at radius 2 is 1.74 bits per heavy atom. The van der Waals surface area contributed by atoms with Gasteiger partial charge in [-0.3, -0.25) is 0 Å². The first-order valence-electron chi connectivity index (χ1n) is 7.55. The van der Waals surface area contributed by atoms with Crippen LogP contribution in [0.1, 0.15) is 31.7 Å². The Bertz CT molecular complexity index is 673. The van der Waals surface area contributed by atoms with Crippen LogP contribution in [0.5, 0.6) is 5.75 Å². The number of halogens is 1. The zero-order chi connectivity index (χ0) is 16.8. The standard InChI is InChI=1S/C18H21ClN2OS/c1-4-12(2)13-5-7-14(8-6-13)20-18(23)21-15-9-10-17(22-3)16(19)11-15/h5-12H,4H2,1-3H3,(H2,20,21,23). The van der Waals surface area contributed by atoms with Crippen LogP contribution in [0.15, 0.2) is 42.5 Å². The van der Waals surface area contributed by atoms with Gasteiger partial charge >= 0.3 is 0 Å². The largest absolute Gasteiger partial charge is 0.495 e. The number of rotatable bonds is 5. The van der Waals surface area contributed by atoms with E-state index >= 15 is 0 Å². The average Bonchev–Trinajstić information content (AvgIpc) is 2.55. The molecule has 23 heavy (non-hydrogen) atoms. The molecule has 0 aliphatic rings. The summed E-state index contributed by atoms with van der Waals surface area (Å²) in [6, 6.07) is 13.8. The molecule has 0 aliphatic heterocycles. The Kier molecular flexibility index (Phi) is 6.25. The molecule has 0 aromatic heterocycles. The third kappa shape index (κ3) is 4.85. The van der Waals surface area contributed by atoms with Gasteiger partial charge in [0.2, 0.25) is 0 Å². The number of hydrogen-bond acceptors (Lipinski definition) is 2. The van der Waals surface area contributed by atoms with Crippen molar-refractivity contribution in [2.45, 2.75) is 26.2 Å². The molecule has 0 saturated heterocycles. The predicted octanol–water partition coefficient (Wildman–Crippen LogP) is 5.67. The van der Waals surface area contributed by atoms with E-state index in [0.717, 1.165) is 17.8 Å². The summed E-state index contributed by atoms with van der Waals surface area (Å²) in [6.07, 6.45) is 1.13. The lowest BCUT2D eigenvalue weighted by Crippen LogP contribution is -2.19. The second kappa shape index (κ2) is 8.18. The van der Waals surface area contributed by atoms with Crippen molar-refractivity contribution in [3.8, 4) is 5.75 Å². The first-order valence-corrected chi connectivity index (χ1v) is 8.33. The summed E-state index contributed by atoms with van der Waals surface area (Å²) in [7, 11) is 1.59. The topological polar surface area (TPSA) is 33.3 Å². The molecule has 0 fully saturated rings. The van der Waals surface area contributed by atoms with Gasteiger partial charge in [-0.2, -0.15) is 0 Å². The number of nitrogens with one attached hydrogen (secondary N) is 2. The SMILES string of the molecule is CCC(C)c1ccc(NC(=S)Nc2ccc(OC)c(Cl)c2)cc1. The third-order valence-electron chi connectivity index (χ3n) is 3.76. The van der Waals surface area contributed by atoms with Gasteiger partial charge in [-0.05, 0) is 60.5 Å². The van der Waals surface area contributed by atoms with Crippen LogP contribution in [0.25, 0.3) is 0 Å². The quantitative estimate of drug-likeness (QED) is 0.682. The number of thiocarbonyl (C=S) groups is 1. The normalized spacial score (nSPS) is 11.7. The van der Waals surface area contributed by atoms with Gasteiger partial charge in [-0.1, -0.05) is 37.6 Å². The van der Waals surface area contributed by atoms with Crippen LogP contribution in [-0.2, 0) is 0 Å². The molecule has 0 spiro atoms. The first kappa shape index (κ1) is 17.6. The molecule has 0 bridgehead atoms. The molecule has 0 amide bonds. The number of hydrogen-bond donors (Lipinski definition) is 2. The molecule has 2 aromatic rings. The minimum atomic E-state index is 0.516. The molecule has 1 unspecified atom stereocenters. The molecule has 0 radical (unpaired) electrons. The molecule has 0 saturated carbocycles. The Balaban J connectivity index is 1.98. The molecule has 2 aromatic carbocycles. The van der Waals surface area contributed by atoms with E-state index in [4.69, 9.17) is 28.6 Å². The van der Waals surface area contributed by atoms with Crippen molar-refractivity contribution >= 4 is 40.3 Å². The van der Waals surface area contributed by atoms with Crippen molar-refractivity contribution in [2.75, 3.05) is 17.7 Å². The highest BCUT2D eigenvalue weighted by Crippen LogP contribution is 2.27. The highest BCUT2D eigenvalue weighted by atomic mass is 35.5. The van der Waals surface area contributed by atoms with E-state index in [2.05, 4.69) is 36.6 Å². The van der Waals surface area contributed by atoms with E-state index < -0.39 is 0 Å². The Labute approximate surface area is 148 Å². The van der Waals surface area contributed by atoms with Gasteiger partial charge in [0.15, 0.2) is 5.11 Å². The van der Waals surface area contributed by atoms with Gasteiger partial charge in [0.25, 0.3) is 0 Å². The van der Waals surface area contributed by atoms with E-state index in [1.54, 1.807) is 19.2 Å². The smallest absolute Gasteiger partial charge is 0.175 e. The van der Waals surface area contributed by atoms with Gasteiger partial charge < -0.3 is 15.4 Å². The van der Waals surface area contributed by atoms with E-state index in [1.165, 1.54) is 5.56 Å². The Hall–Kier alpha value is -1.78. The zero-order valence-corrected chi connectivity index (χ0v) is 15.1. The summed E-state index contributed by atoms with van der Waals surface area (Å²) in [4.78, 5) is 0. The van der Waals surface area contributed by atoms with Gasteiger partial charge in [0.1, 0.15) is 5.75 Å². The molecule has 0 aliphatic carbocycles.